The van der Waals surface area contributed by atoms with E-state index in [1.54, 1.807) is 11.0 Å². The van der Waals surface area contributed by atoms with E-state index in [1.165, 1.54) is 0 Å². The number of aromatic nitrogens is 3. The van der Waals surface area contributed by atoms with Crippen LogP contribution < -0.4 is 0 Å². The van der Waals surface area contributed by atoms with Crippen LogP contribution in [-0.2, 0) is 0 Å². The van der Waals surface area contributed by atoms with Crippen LogP contribution in [0, 0.1) is 6.92 Å². The normalized spacial score (nSPS) is 17.4. The topological polar surface area (TPSA) is 85.3 Å². The number of carbonyl (C=O) groups excluding carboxylic acids is 1. The predicted molar refractivity (Wildman–Crippen MR) is 84.0 cm³/mol. The summed E-state index contributed by atoms with van der Waals surface area (Å²) in [4.78, 5) is 14.6. The zero-order valence-corrected chi connectivity index (χ0v) is 13.2. The third-order valence-corrected chi connectivity index (χ3v) is 4.30. The summed E-state index contributed by atoms with van der Waals surface area (Å²) in [5, 5.41) is 11.7. The van der Waals surface area contributed by atoms with E-state index in [9.17, 15) is 4.79 Å². The van der Waals surface area contributed by atoms with Gasteiger partial charge < -0.3 is 9.42 Å². The van der Waals surface area contributed by atoms with E-state index in [-0.39, 0.29) is 11.9 Å². The third kappa shape index (κ3) is 2.47. The quantitative estimate of drug-likeness (QED) is 0.736. The molecule has 1 amide bonds. The van der Waals surface area contributed by atoms with Gasteiger partial charge in [0.15, 0.2) is 11.5 Å². The fraction of sp³-hybridized carbons (Fsp3) is 0.294. The minimum Gasteiger partial charge on any atom is -0.355 e. The van der Waals surface area contributed by atoms with Crippen molar-refractivity contribution in [3.63, 3.8) is 0 Å². The molecule has 0 saturated carbocycles. The average Bonchev–Trinajstić information content (AvgIpc) is 3.35. The molecular formula is C17H16N4O3. The predicted octanol–water partition coefficient (Wildman–Crippen LogP) is 3.01. The molecule has 0 spiro atoms. The Morgan fingerprint density at radius 2 is 2.04 bits per heavy atom. The molecule has 0 N–H and O–H groups in total. The van der Waals surface area contributed by atoms with Crippen molar-refractivity contribution in [2.45, 2.75) is 25.8 Å². The van der Waals surface area contributed by atoms with Crippen LogP contribution in [0.3, 0.4) is 0 Å². The molecule has 0 unspecified atom stereocenters. The number of nitrogens with zero attached hydrogens (tertiary/aromatic N) is 4. The lowest BCUT2D eigenvalue weighted by molar-refractivity contribution is 0.0720. The first kappa shape index (κ1) is 14.6. The first-order valence-corrected chi connectivity index (χ1v) is 7.86. The third-order valence-electron chi connectivity index (χ3n) is 4.30. The van der Waals surface area contributed by atoms with Crippen LogP contribution >= 0.6 is 0 Å². The first-order chi connectivity index (χ1) is 11.7. The highest BCUT2D eigenvalue weighted by atomic mass is 16.6. The number of hydrogen-bond donors (Lipinski definition) is 0. The Labute approximate surface area is 138 Å². The number of rotatable bonds is 3. The largest absolute Gasteiger partial charge is 0.355 e. The van der Waals surface area contributed by atoms with Crippen LogP contribution in [-0.4, -0.2) is 32.8 Å². The van der Waals surface area contributed by atoms with Gasteiger partial charge in [-0.2, -0.15) is 0 Å². The SMILES string of the molecule is Cc1nonc1[C@@H]1CCCN1C(=O)c1cc(-c2ccccc2)on1. The summed E-state index contributed by atoms with van der Waals surface area (Å²) < 4.78 is 10.1. The van der Waals surface area contributed by atoms with Gasteiger partial charge in [0, 0.05) is 18.2 Å². The molecular weight excluding hydrogens is 308 g/mol. The van der Waals surface area contributed by atoms with Gasteiger partial charge in [-0.1, -0.05) is 45.8 Å². The fourth-order valence-corrected chi connectivity index (χ4v) is 3.10. The summed E-state index contributed by atoms with van der Waals surface area (Å²) in [5.74, 6) is 0.416. The fourth-order valence-electron chi connectivity index (χ4n) is 3.10. The number of hydrogen-bond acceptors (Lipinski definition) is 6. The molecule has 7 nitrogen and oxygen atoms in total. The van der Waals surface area contributed by atoms with Gasteiger partial charge in [0.05, 0.1) is 6.04 Å². The molecule has 1 aromatic carbocycles. The number of carbonyl (C=O) groups is 1. The molecule has 3 heterocycles. The van der Waals surface area contributed by atoms with Crippen LogP contribution in [0.25, 0.3) is 11.3 Å². The maximum Gasteiger partial charge on any atom is 0.276 e. The van der Waals surface area contributed by atoms with Gasteiger partial charge in [0.25, 0.3) is 5.91 Å². The van der Waals surface area contributed by atoms with E-state index in [1.807, 2.05) is 37.3 Å². The van der Waals surface area contributed by atoms with E-state index >= 15 is 0 Å². The Morgan fingerprint density at radius 3 is 2.79 bits per heavy atom. The molecule has 1 aliphatic rings. The van der Waals surface area contributed by atoms with Crippen LogP contribution in [0.15, 0.2) is 45.6 Å². The molecule has 2 aromatic heterocycles. The second-order valence-corrected chi connectivity index (χ2v) is 5.83. The number of benzene rings is 1. The van der Waals surface area contributed by atoms with Crippen molar-refractivity contribution in [3.05, 3.63) is 53.5 Å². The van der Waals surface area contributed by atoms with E-state index in [4.69, 9.17) is 9.15 Å². The van der Waals surface area contributed by atoms with Gasteiger partial charge in [-0.3, -0.25) is 4.79 Å². The van der Waals surface area contributed by atoms with E-state index in [0.29, 0.717) is 29.4 Å². The zero-order valence-electron chi connectivity index (χ0n) is 13.2. The maximum absolute atomic E-state index is 12.8. The lowest BCUT2D eigenvalue weighted by Crippen LogP contribution is -2.31. The molecule has 122 valence electrons. The minimum atomic E-state index is -0.161. The van der Waals surface area contributed by atoms with Crippen LogP contribution in [0.1, 0.15) is 40.8 Å². The first-order valence-electron chi connectivity index (χ1n) is 7.86. The minimum absolute atomic E-state index is 0.124. The van der Waals surface area contributed by atoms with Gasteiger partial charge in [-0.15, -0.1) is 0 Å². The monoisotopic (exact) mass is 324 g/mol. The summed E-state index contributed by atoms with van der Waals surface area (Å²) in [7, 11) is 0. The van der Waals surface area contributed by atoms with Crippen molar-refractivity contribution >= 4 is 5.91 Å². The lowest BCUT2D eigenvalue weighted by atomic mass is 10.1. The molecule has 4 rings (SSSR count). The Hall–Kier alpha value is -2.96. The highest BCUT2D eigenvalue weighted by Crippen LogP contribution is 2.33. The summed E-state index contributed by atoms with van der Waals surface area (Å²) in [5.41, 5.74) is 2.62. The van der Waals surface area contributed by atoms with Gasteiger partial charge in [-0.05, 0) is 19.8 Å². The summed E-state index contributed by atoms with van der Waals surface area (Å²) in [6, 6.07) is 11.1. The summed E-state index contributed by atoms with van der Waals surface area (Å²) in [6.07, 6.45) is 1.75. The van der Waals surface area contributed by atoms with Gasteiger partial charge in [0.2, 0.25) is 0 Å². The van der Waals surface area contributed by atoms with Gasteiger partial charge in [-0.25, -0.2) is 4.63 Å². The number of likely N-dealkylation sites (tertiary alicyclic amines) is 1. The van der Waals surface area contributed by atoms with Crippen LogP contribution in [0.4, 0.5) is 0 Å². The number of amides is 1. The van der Waals surface area contributed by atoms with Crippen molar-refractivity contribution < 1.29 is 13.9 Å². The van der Waals surface area contributed by atoms with Crippen molar-refractivity contribution in [2.24, 2.45) is 0 Å². The van der Waals surface area contributed by atoms with Crippen molar-refractivity contribution in [1.29, 1.82) is 0 Å². The Kier molecular flexibility index (Phi) is 3.60. The van der Waals surface area contributed by atoms with E-state index in [0.717, 1.165) is 18.4 Å². The smallest absolute Gasteiger partial charge is 0.276 e. The van der Waals surface area contributed by atoms with Crippen LogP contribution in [0.5, 0.6) is 0 Å². The van der Waals surface area contributed by atoms with Crippen molar-refractivity contribution in [3.8, 4) is 11.3 Å². The molecule has 1 fully saturated rings. The Morgan fingerprint density at radius 1 is 1.21 bits per heavy atom. The van der Waals surface area contributed by atoms with Gasteiger partial charge >= 0.3 is 0 Å². The molecule has 3 aromatic rings. The maximum atomic E-state index is 12.8. The summed E-state index contributed by atoms with van der Waals surface area (Å²) >= 11 is 0. The molecule has 7 heteroatoms. The molecule has 0 bridgehead atoms. The summed E-state index contributed by atoms with van der Waals surface area (Å²) in [6.45, 7) is 2.49. The van der Waals surface area contributed by atoms with E-state index in [2.05, 4.69) is 15.5 Å². The second-order valence-electron chi connectivity index (χ2n) is 5.83. The number of aryl methyl sites for hydroxylation is 1. The zero-order chi connectivity index (χ0) is 16.5. The van der Waals surface area contributed by atoms with Crippen molar-refractivity contribution in [1.82, 2.24) is 20.4 Å². The standard InChI is InChI=1S/C17H16N4O3/c1-11-16(20-24-18-11)14-8-5-9-21(14)17(22)13-10-15(23-19-13)12-6-3-2-4-7-12/h2-4,6-7,10,14H,5,8-9H2,1H3/t14-/m0/s1. The highest BCUT2D eigenvalue weighted by Gasteiger charge is 2.35. The lowest BCUT2D eigenvalue weighted by Gasteiger charge is -2.21. The average molecular weight is 324 g/mol. The molecule has 1 aliphatic heterocycles. The van der Waals surface area contributed by atoms with Gasteiger partial charge in [0.1, 0.15) is 11.4 Å². The van der Waals surface area contributed by atoms with Crippen molar-refractivity contribution in [2.75, 3.05) is 6.54 Å². The molecule has 0 aliphatic carbocycles. The Bertz CT molecular complexity index is 856. The van der Waals surface area contributed by atoms with Crippen LogP contribution in [0.2, 0.25) is 0 Å². The van der Waals surface area contributed by atoms with E-state index < -0.39 is 0 Å². The molecule has 1 saturated heterocycles. The highest BCUT2D eigenvalue weighted by molar-refractivity contribution is 5.93. The molecule has 24 heavy (non-hydrogen) atoms. The Balaban J connectivity index is 1.60. The second kappa shape index (κ2) is 5.92. The molecule has 1 atom stereocenters. The molecule has 0 radical (unpaired) electrons.